The van der Waals surface area contributed by atoms with Crippen molar-refractivity contribution < 1.29 is 56.7 Å². The zero-order valence-corrected chi connectivity index (χ0v) is 24.6. The molecule has 0 spiro atoms. The molecule has 41 heavy (non-hydrogen) atoms. The minimum Gasteiger partial charge on any atom is -0.497 e. The Balaban J connectivity index is 2.02. The van der Waals surface area contributed by atoms with Crippen molar-refractivity contribution in [3.05, 3.63) is 63.6 Å². The first-order valence-electron chi connectivity index (χ1n) is 12.9. The highest BCUT2D eigenvalue weighted by molar-refractivity contribution is 9.10. The average Bonchev–Trinajstić information content (AvgIpc) is 2.94. The molecule has 0 aliphatic carbocycles. The molecule has 1 unspecified atom stereocenters. The van der Waals surface area contributed by atoms with E-state index in [1.807, 2.05) is 24.3 Å². The van der Waals surface area contributed by atoms with Crippen LogP contribution in [0.1, 0.15) is 43.6 Å². The fourth-order valence-corrected chi connectivity index (χ4v) is 4.46. The molecule has 1 fully saturated rings. The summed E-state index contributed by atoms with van der Waals surface area (Å²) in [6, 6.07) is 12.6. The second kappa shape index (κ2) is 15.4. The Morgan fingerprint density at radius 1 is 0.829 bits per heavy atom. The smallest absolute Gasteiger partial charge is 0.497 e. The lowest BCUT2D eigenvalue weighted by molar-refractivity contribution is -0.274. The Kier molecular flexibility index (Phi) is 12.0. The third-order valence-corrected chi connectivity index (χ3v) is 6.67. The van der Waals surface area contributed by atoms with E-state index in [1.165, 1.54) is 6.92 Å². The number of hydrogen-bond donors (Lipinski definition) is 0. The normalized spacial score (nSPS) is 21.8. The van der Waals surface area contributed by atoms with Crippen LogP contribution in [-0.4, -0.2) is 70.1 Å². The Morgan fingerprint density at radius 2 is 1.39 bits per heavy atom. The van der Waals surface area contributed by atoms with E-state index in [0.717, 1.165) is 15.6 Å². The summed E-state index contributed by atoms with van der Waals surface area (Å²) in [6.45, 7) is 4.51. The minimum absolute atomic E-state index is 0.0293. The summed E-state index contributed by atoms with van der Waals surface area (Å²) in [6.07, 6.45) is -11.9. The fourth-order valence-electron chi connectivity index (χ4n) is 4.07. The summed E-state index contributed by atoms with van der Waals surface area (Å²) in [5.74, 6) is 0.706. The van der Waals surface area contributed by atoms with Gasteiger partial charge in [-0.15, -0.1) is 0 Å². The largest absolute Gasteiger partial charge is 0.510 e. The molecule has 1 heterocycles. The van der Waals surface area contributed by atoms with Crippen LogP contribution in [0.15, 0.2) is 46.9 Å². The van der Waals surface area contributed by atoms with Gasteiger partial charge in [-0.2, -0.15) is 0 Å². The van der Waals surface area contributed by atoms with Gasteiger partial charge in [0.05, 0.1) is 26.9 Å². The SMILES string of the molecule is CCOC(=O)O[C@H]1O[C@@H](c2ccc(Br)c(Cc3ccc(OC)cc3)c2)[C@H](OC(=O)OCC)[C@@H](OC(=O)OCC)C1F. The van der Waals surface area contributed by atoms with Gasteiger partial charge in [-0.3, -0.25) is 0 Å². The number of alkyl halides is 1. The molecule has 2 aromatic carbocycles. The molecule has 0 amide bonds. The van der Waals surface area contributed by atoms with Crippen molar-refractivity contribution in [2.75, 3.05) is 26.9 Å². The van der Waals surface area contributed by atoms with Crippen molar-refractivity contribution in [2.45, 2.75) is 58.0 Å². The lowest BCUT2D eigenvalue weighted by Gasteiger charge is -2.41. The van der Waals surface area contributed by atoms with E-state index < -0.39 is 49.2 Å². The van der Waals surface area contributed by atoms with Gasteiger partial charge in [0.2, 0.25) is 12.5 Å². The van der Waals surface area contributed by atoms with Crippen LogP contribution in [-0.2, 0) is 39.6 Å². The molecule has 0 N–H and O–H groups in total. The molecule has 0 saturated carbocycles. The van der Waals surface area contributed by atoms with Crippen LogP contribution in [0.25, 0.3) is 0 Å². The Morgan fingerprint density at radius 3 is 1.95 bits per heavy atom. The number of halogens is 2. The molecule has 13 heteroatoms. The summed E-state index contributed by atoms with van der Waals surface area (Å²) in [5, 5.41) is 0. The van der Waals surface area contributed by atoms with Gasteiger partial charge in [-0.1, -0.05) is 40.2 Å². The van der Waals surface area contributed by atoms with Crippen LogP contribution in [0.3, 0.4) is 0 Å². The van der Waals surface area contributed by atoms with Gasteiger partial charge in [0, 0.05) is 4.47 Å². The number of ether oxygens (including phenoxy) is 8. The van der Waals surface area contributed by atoms with Crippen LogP contribution < -0.4 is 4.74 Å². The molecule has 11 nitrogen and oxygen atoms in total. The zero-order valence-electron chi connectivity index (χ0n) is 23.0. The molecule has 1 saturated heterocycles. The number of carbonyl (C=O) groups excluding carboxylic acids is 3. The van der Waals surface area contributed by atoms with E-state index in [4.69, 9.17) is 37.9 Å². The van der Waals surface area contributed by atoms with E-state index in [0.29, 0.717) is 17.7 Å². The maximum atomic E-state index is 15.7. The second-order valence-corrected chi connectivity index (χ2v) is 9.43. The van der Waals surface area contributed by atoms with Gasteiger partial charge < -0.3 is 37.9 Å². The van der Waals surface area contributed by atoms with Gasteiger partial charge >= 0.3 is 18.5 Å². The first-order chi connectivity index (χ1) is 19.7. The van der Waals surface area contributed by atoms with E-state index in [9.17, 15) is 14.4 Å². The summed E-state index contributed by atoms with van der Waals surface area (Å²) in [7, 11) is 1.58. The van der Waals surface area contributed by atoms with Crippen LogP contribution in [0, 0.1) is 0 Å². The summed E-state index contributed by atoms with van der Waals surface area (Å²) in [4.78, 5) is 36.7. The molecule has 0 aromatic heterocycles. The van der Waals surface area contributed by atoms with Gasteiger partial charge in [0.1, 0.15) is 11.9 Å². The molecule has 0 radical (unpaired) electrons. The van der Waals surface area contributed by atoms with Crippen molar-refractivity contribution >= 4 is 34.4 Å². The van der Waals surface area contributed by atoms with E-state index in [2.05, 4.69) is 15.9 Å². The molecule has 1 aliphatic heterocycles. The molecular weight excluding hydrogens is 611 g/mol. The maximum absolute atomic E-state index is 15.7. The molecule has 3 rings (SSSR count). The molecule has 224 valence electrons. The topological polar surface area (TPSA) is 125 Å². The van der Waals surface area contributed by atoms with Crippen LogP contribution >= 0.6 is 15.9 Å². The molecular formula is C28H32BrFO11. The van der Waals surface area contributed by atoms with Crippen molar-refractivity contribution in [1.29, 1.82) is 0 Å². The van der Waals surface area contributed by atoms with Crippen molar-refractivity contribution in [3.8, 4) is 5.75 Å². The monoisotopic (exact) mass is 642 g/mol. The highest BCUT2D eigenvalue weighted by Gasteiger charge is 2.53. The highest BCUT2D eigenvalue weighted by atomic mass is 79.9. The third-order valence-electron chi connectivity index (χ3n) is 5.89. The van der Waals surface area contributed by atoms with Crippen molar-refractivity contribution in [1.82, 2.24) is 0 Å². The number of rotatable bonds is 10. The molecule has 2 aromatic rings. The summed E-state index contributed by atoms with van der Waals surface area (Å²) < 4.78 is 57.8. The van der Waals surface area contributed by atoms with Crippen LogP contribution in [0.5, 0.6) is 5.75 Å². The maximum Gasteiger partial charge on any atom is 0.510 e. The lowest BCUT2D eigenvalue weighted by atomic mass is 9.92. The van der Waals surface area contributed by atoms with Crippen LogP contribution in [0.4, 0.5) is 18.8 Å². The second-order valence-electron chi connectivity index (χ2n) is 8.58. The van der Waals surface area contributed by atoms with E-state index in [-0.39, 0.29) is 19.8 Å². The van der Waals surface area contributed by atoms with Gasteiger partial charge in [0.15, 0.2) is 12.2 Å². The fraction of sp³-hybridized carbons (Fsp3) is 0.464. The predicted octanol–water partition coefficient (Wildman–Crippen LogP) is 6.04. The summed E-state index contributed by atoms with van der Waals surface area (Å²) in [5.41, 5.74) is 2.18. The molecule has 1 aliphatic rings. The van der Waals surface area contributed by atoms with Crippen LogP contribution in [0.2, 0.25) is 0 Å². The minimum atomic E-state index is -2.28. The number of hydrogen-bond acceptors (Lipinski definition) is 11. The number of benzene rings is 2. The number of carbonyl (C=O) groups is 3. The Bertz CT molecular complexity index is 1180. The third kappa shape index (κ3) is 8.70. The zero-order chi connectivity index (χ0) is 29.9. The first kappa shape index (κ1) is 31.9. The predicted molar refractivity (Wildman–Crippen MR) is 144 cm³/mol. The Hall–Kier alpha value is -3.58. The van der Waals surface area contributed by atoms with E-state index in [1.54, 1.807) is 39.2 Å². The highest BCUT2D eigenvalue weighted by Crippen LogP contribution is 2.39. The standard InChI is InChI=1S/C28H32BrFO11/c1-5-35-26(31)39-23-21(30)25(41-28(33)37-7-3)38-22(24(23)40-27(32)36-6-2)17-10-13-20(29)18(15-17)14-16-8-11-19(34-4)12-9-16/h8-13,15,21-25H,5-7,14H2,1-4H3/t21?,22-,23-,24-,25+/m0/s1. The quantitative estimate of drug-likeness (QED) is 0.222. The van der Waals surface area contributed by atoms with E-state index >= 15 is 4.39 Å². The summed E-state index contributed by atoms with van der Waals surface area (Å²) >= 11 is 3.55. The first-order valence-corrected chi connectivity index (χ1v) is 13.7. The van der Waals surface area contributed by atoms with Gasteiger partial charge in [0.25, 0.3) is 0 Å². The van der Waals surface area contributed by atoms with Crippen molar-refractivity contribution in [2.24, 2.45) is 0 Å². The average molecular weight is 643 g/mol. The lowest BCUT2D eigenvalue weighted by Crippen LogP contribution is -2.56. The van der Waals surface area contributed by atoms with Crippen molar-refractivity contribution in [3.63, 3.8) is 0 Å². The van der Waals surface area contributed by atoms with Gasteiger partial charge in [-0.25, -0.2) is 18.8 Å². The molecule has 0 bridgehead atoms. The van der Waals surface area contributed by atoms with Gasteiger partial charge in [-0.05, 0) is 62.1 Å². The molecule has 5 atom stereocenters. The number of methoxy groups -OCH3 is 1. The Labute approximate surface area is 245 Å².